The predicted octanol–water partition coefficient (Wildman–Crippen LogP) is 1.45. The highest BCUT2D eigenvalue weighted by molar-refractivity contribution is 5.77. The molecule has 1 aromatic rings. The first-order chi connectivity index (χ1) is 9.38. The van der Waals surface area contributed by atoms with Crippen LogP contribution in [0.1, 0.15) is 24.5 Å². The molecule has 1 unspecified atom stereocenters. The fourth-order valence-electron chi connectivity index (χ4n) is 1.80. The predicted molar refractivity (Wildman–Crippen MR) is 76.8 cm³/mol. The molecule has 20 heavy (non-hydrogen) atoms. The molecule has 0 saturated heterocycles. The summed E-state index contributed by atoms with van der Waals surface area (Å²) >= 11 is 0. The summed E-state index contributed by atoms with van der Waals surface area (Å²) in [5.74, 6) is -0.321. The van der Waals surface area contributed by atoms with Crippen molar-refractivity contribution in [1.82, 2.24) is 10.2 Å². The number of nitrogens with one attached hydrogen (secondary N) is 1. The van der Waals surface area contributed by atoms with Crippen molar-refractivity contribution in [2.24, 2.45) is 0 Å². The summed E-state index contributed by atoms with van der Waals surface area (Å²) in [7, 11) is 1.84. The Morgan fingerprint density at radius 3 is 2.80 bits per heavy atom. The number of carbonyl (C=O) groups is 1. The van der Waals surface area contributed by atoms with Crippen molar-refractivity contribution >= 4 is 5.91 Å². The minimum atomic E-state index is -0.359. The van der Waals surface area contributed by atoms with E-state index in [9.17, 15) is 14.3 Å². The summed E-state index contributed by atoms with van der Waals surface area (Å²) in [6.45, 7) is 4.77. The maximum absolute atomic E-state index is 13.1. The van der Waals surface area contributed by atoms with Crippen LogP contribution < -0.4 is 5.32 Å². The van der Waals surface area contributed by atoms with Crippen LogP contribution in [0.25, 0.3) is 0 Å². The molecule has 1 aromatic carbocycles. The lowest BCUT2D eigenvalue weighted by atomic mass is 10.1. The number of amides is 1. The summed E-state index contributed by atoms with van der Waals surface area (Å²) in [6, 6.07) is 4.80. The average Bonchev–Trinajstić information content (AvgIpc) is 2.38. The van der Waals surface area contributed by atoms with Gasteiger partial charge < -0.3 is 10.4 Å². The third-order valence-electron chi connectivity index (χ3n) is 3.05. The fraction of sp³-hybridized carbons (Fsp3) is 0.533. The van der Waals surface area contributed by atoms with Crippen LogP contribution in [-0.2, 0) is 11.3 Å². The van der Waals surface area contributed by atoms with Crippen molar-refractivity contribution in [3.8, 4) is 0 Å². The largest absolute Gasteiger partial charge is 0.393 e. The first-order valence-corrected chi connectivity index (χ1v) is 6.77. The fourth-order valence-corrected chi connectivity index (χ4v) is 1.80. The van der Waals surface area contributed by atoms with E-state index in [0.717, 1.165) is 5.56 Å². The molecule has 5 heteroatoms. The second-order valence-electron chi connectivity index (χ2n) is 5.24. The molecule has 2 N–H and O–H groups in total. The van der Waals surface area contributed by atoms with Crippen molar-refractivity contribution in [1.29, 1.82) is 0 Å². The molecule has 4 nitrogen and oxygen atoms in total. The van der Waals surface area contributed by atoms with Gasteiger partial charge in [-0.2, -0.15) is 0 Å². The van der Waals surface area contributed by atoms with Gasteiger partial charge in [-0.3, -0.25) is 9.69 Å². The zero-order valence-corrected chi connectivity index (χ0v) is 12.3. The van der Waals surface area contributed by atoms with E-state index in [2.05, 4.69) is 5.32 Å². The monoisotopic (exact) mass is 282 g/mol. The summed E-state index contributed by atoms with van der Waals surface area (Å²) in [4.78, 5) is 13.6. The van der Waals surface area contributed by atoms with Crippen LogP contribution in [0, 0.1) is 12.7 Å². The normalized spacial score (nSPS) is 12.5. The molecule has 1 rings (SSSR count). The van der Waals surface area contributed by atoms with Crippen LogP contribution in [0.4, 0.5) is 4.39 Å². The van der Waals surface area contributed by atoms with Gasteiger partial charge in [-0.25, -0.2) is 4.39 Å². The molecule has 0 spiro atoms. The van der Waals surface area contributed by atoms with Crippen LogP contribution in [0.3, 0.4) is 0 Å². The van der Waals surface area contributed by atoms with Crippen LogP contribution >= 0.6 is 0 Å². The van der Waals surface area contributed by atoms with Crippen molar-refractivity contribution in [2.45, 2.75) is 32.9 Å². The minimum absolute atomic E-state index is 0.0833. The Hall–Kier alpha value is -1.46. The maximum Gasteiger partial charge on any atom is 0.234 e. The lowest BCUT2D eigenvalue weighted by Gasteiger charge is -2.17. The quantitative estimate of drug-likeness (QED) is 0.796. The molecular formula is C15H23FN2O2. The number of likely N-dealkylation sites (N-methyl/N-ethyl adjacent to an activating group) is 1. The standard InChI is InChI=1S/C15H23FN2O2/c1-11-8-13(4-5-14(11)16)9-17-15(20)10-18(3)7-6-12(2)19/h4-5,8,12,19H,6-7,9-10H2,1-3H3,(H,17,20). The zero-order valence-electron chi connectivity index (χ0n) is 12.3. The second-order valence-corrected chi connectivity index (χ2v) is 5.24. The Balaban J connectivity index is 2.33. The summed E-state index contributed by atoms with van der Waals surface area (Å²) < 4.78 is 13.1. The van der Waals surface area contributed by atoms with E-state index in [-0.39, 0.29) is 24.4 Å². The molecule has 0 aliphatic carbocycles. The highest BCUT2D eigenvalue weighted by Gasteiger charge is 2.07. The lowest BCUT2D eigenvalue weighted by molar-refractivity contribution is -0.122. The molecular weight excluding hydrogens is 259 g/mol. The Kier molecular flexibility index (Phi) is 6.61. The summed E-state index contributed by atoms with van der Waals surface area (Å²) in [6.07, 6.45) is 0.281. The lowest BCUT2D eigenvalue weighted by Crippen LogP contribution is -2.35. The zero-order chi connectivity index (χ0) is 15.1. The average molecular weight is 282 g/mol. The third kappa shape index (κ3) is 6.12. The Bertz CT molecular complexity index is 449. The first kappa shape index (κ1) is 16.6. The van der Waals surface area contributed by atoms with Gasteiger partial charge in [0.25, 0.3) is 0 Å². The molecule has 0 aromatic heterocycles. The van der Waals surface area contributed by atoms with E-state index in [0.29, 0.717) is 25.1 Å². The number of rotatable bonds is 7. The van der Waals surface area contributed by atoms with Crippen molar-refractivity contribution in [3.63, 3.8) is 0 Å². The smallest absolute Gasteiger partial charge is 0.234 e. The Morgan fingerprint density at radius 1 is 1.50 bits per heavy atom. The number of aryl methyl sites for hydroxylation is 1. The van der Waals surface area contributed by atoms with Crippen molar-refractivity contribution < 1.29 is 14.3 Å². The molecule has 0 aliphatic heterocycles. The SMILES string of the molecule is Cc1cc(CNC(=O)CN(C)CCC(C)O)ccc1F. The number of nitrogens with zero attached hydrogens (tertiary/aromatic N) is 1. The molecule has 1 amide bonds. The number of hydrogen-bond acceptors (Lipinski definition) is 3. The van der Waals surface area contributed by atoms with Gasteiger partial charge in [-0.15, -0.1) is 0 Å². The van der Waals surface area contributed by atoms with Gasteiger partial charge in [0.15, 0.2) is 0 Å². The molecule has 112 valence electrons. The van der Waals surface area contributed by atoms with E-state index in [1.807, 2.05) is 11.9 Å². The summed E-state index contributed by atoms with van der Waals surface area (Å²) in [5, 5.41) is 12.0. The van der Waals surface area contributed by atoms with Crippen LogP contribution in [-0.4, -0.2) is 42.2 Å². The van der Waals surface area contributed by atoms with Crippen LogP contribution in [0.15, 0.2) is 18.2 Å². The number of aliphatic hydroxyl groups excluding tert-OH is 1. The van der Waals surface area contributed by atoms with Gasteiger partial charge in [-0.05, 0) is 44.5 Å². The van der Waals surface area contributed by atoms with Crippen LogP contribution in [0.2, 0.25) is 0 Å². The molecule has 0 aliphatic rings. The third-order valence-corrected chi connectivity index (χ3v) is 3.05. The number of hydrogen-bond donors (Lipinski definition) is 2. The van der Waals surface area contributed by atoms with Crippen molar-refractivity contribution in [2.75, 3.05) is 20.1 Å². The molecule has 0 heterocycles. The highest BCUT2D eigenvalue weighted by Crippen LogP contribution is 2.08. The van der Waals surface area contributed by atoms with Gasteiger partial charge in [0.05, 0.1) is 12.6 Å². The van der Waals surface area contributed by atoms with E-state index >= 15 is 0 Å². The number of benzene rings is 1. The maximum atomic E-state index is 13.1. The first-order valence-electron chi connectivity index (χ1n) is 6.77. The molecule has 0 bridgehead atoms. The highest BCUT2D eigenvalue weighted by atomic mass is 19.1. The minimum Gasteiger partial charge on any atom is -0.393 e. The summed E-state index contributed by atoms with van der Waals surface area (Å²) in [5.41, 5.74) is 1.45. The number of halogens is 1. The number of carbonyl (C=O) groups excluding carboxylic acids is 1. The van der Waals surface area contributed by atoms with E-state index < -0.39 is 0 Å². The van der Waals surface area contributed by atoms with E-state index in [1.165, 1.54) is 6.07 Å². The van der Waals surface area contributed by atoms with Crippen molar-refractivity contribution in [3.05, 3.63) is 35.1 Å². The molecule has 0 fully saturated rings. The van der Waals surface area contributed by atoms with Gasteiger partial charge in [0, 0.05) is 13.1 Å². The number of aliphatic hydroxyl groups is 1. The van der Waals surface area contributed by atoms with Gasteiger partial charge in [0.1, 0.15) is 5.82 Å². The Morgan fingerprint density at radius 2 is 2.20 bits per heavy atom. The van der Waals surface area contributed by atoms with E-state index in [4.69, 9.17) is 0 Å². The topological polar surface area (TPSA) is 52.6 Å². The molecule has 0 saturated carbocycles. The van der Waals surface area contributed by atoms with Crippen LogP contribution in [0.5, 0.6) is 0 Å². The molecule has 0 radical (unpaired) electrons. The van der Waals surface area contributed by atoms with Gasteiger partial charge >= 0.3 is 0 Å². The van der Waals surface area contributed by atoms with Gasteiger partial charge in [0.2, 0.25) is 5.91 Å². The molecule has 1 atom stereocenters. The van der Waals surface area contributed by atoms with Gasteiger partial charge in [-0.1, -0.05) is 12.1 Å². The second kappa shape index (κ2) is 7.97. The Labute approximate surface area is 119 Å². The van der Waals surface area contributed by atoms with E-state index in [1.54, 1.807) is 26.0 Å².